The van der Waals surface area contributed by atoms with E-state index in [1.807, 2.05) is 0 Å². The Kier molecular flexibility index (Phi) is 7.88. The molecule has 0 atom stereocenters. The highest BCUT2D eigenvalue weighted by atomic mass is 32.1. The van der Waals surface area contributed by atoms with Crippen molar-refractivity contribution in [3.8, 4) is 0 Å². The van der Waals surface area contributed by atoms with Crippen LogP contribution in [0.15, 0.2) is 72.1 Å². The van der Waals surface area contributed by atoms with E-state index < -0.39 is 24.5 Å². The maximum atomic E-state index is 12.8. The fourth-order valence-corrected chi connectivity index (χ4v) is 3.63. The lowest BCUT2D eigenvalue weighted by Gasteiger charge is -2.21. The van der Waals surface area contributed by atoms with Gasteiger partial charge < -0.3 is 9.47 Å². The number of anilines is 1. The highest BCUT2D eigenvalue weighted by Crippen LogP contribution is 2.19. The predicted octanol–water partition coefficient (Wildman–Crippen LogP) is 3.73. The summed E-state index contributed by atoms with van der Waals surface area (Å²) in [6.07, 6.45) is 0. The number of carbonyl (C=O) groups excluding carboxylic acids is 4. The van der Waals surface area contributed by atoms with Crippen LogP contribution in [-0.2, 0) is 19.1 Å². The molecule has 0 aliphatic carbocycles. The first-order valence-electron chi connectivity index (χ1n) is 9.86. The number of rotatable bonds is 9. The Balaban J connectivity index is 1.73. The minimum Gasteiger partial charge on any atom is -0.465 e. The molecule has 1 aromatic heterocycles. The number of hydrogen-bond donors (Lipinski definition) is 0. The van der Waals surface area contributed by atoms with Crippen LogP contribution in [0.3, 0.4) is 0 Å². The highest BCUT2D eigenvalue weighted by molar-refractivity contribution is 7.12. The molecule has 0 saturated carbocycles. The van der Waals surface area contributed by atoms with Crippen molar-refractivity contribution in [1.82, 2.24) is 0 Å². The van der Waals surface area contributed by atoms with Crippen molar-refractivity contribution in [2.24, 2.45) is 0 Å². The van der Waals surface area contributed by atoms with Gasteiger partial charge in [0.15, 0.2) is 6.61 Å². The summed E-state index contributed by atoms with van der Waals surface area (Å²) in [5, 5.41) is 1.77. The number of amides is 1. The Morgan fingerprint density at radius 3 is 2.19 bits per heavy atom. The average molecular weight is 452 g/mol. The summed E-state index contributed by atoms with van der Waals surface area (Å²) in [5.41, 5.74) is 0.726. The number of benzene rings is 2. The number of thiophene rings is 1. The molecule has 164 valence electrons. The summed E-state index contributed by atoms with van der Waals surface area (Å²) in [4.78, 5) is 51.9. The van der Waals surface area contributed by atoms with Gasteiger partial charge in [0, 0.05) is 11.3 Å². The van der Waals surface area contributed by atoms with Gasteiger partial charge in [-0.15, -0.1) is 11.3 Å². The molecule has 0 unspecified atom stereocenters. The molecular formula is C24H21NO6S. The van der Waals surface area contributed by atoms with Crippen LogP contribution in [0.2, 0.25) is 0 Å². The summed E-state index contributed by atoms with van der Waals surface area (Å²) in [6.45, 7) is 0.930. The van der Waals surface area contributed by atoms with Crippen LogP contribution in [0, 0.1) is 0 Å². The van der Waals surface area contributed by atoms with Gasteiger partial charge >= 0.3 is 11.9 Å². The van der Waals surface area contributed by atoms with Crippen molar-refractivity contribution >= 4 is 40.7 Å². The number of ketones is 1. The van der Waals surface area contributed by atoms with E-state index in [1.54, 1.807) is 66.9 Å². The SMILES string of the molecule is CCOC(=O)CN(C(=O)COC(=O)c1ccccc1C(=O)c1cccs1)c1ccccc1. The molecule has 1 amide bonds. The third-order valence-electron chi connectivity index (χ3n) is 4.42. The molecule has 0 radical (unpaired) electrons. The third kappa shape index (κ3) is 5.67. The molecular weight excluding hydrogens is 430 g/mol. The molecule has 0 spiro atoms. The highest BCUT2D eigenvalue weighted by Gasteiger charge is 2.24. The molecule has 8 heteroatoms. The van der Waals surface area contributed by atoms with Gasteiger partial charge in [0.05, 0.1) is 17.0 Å². The van der Waals surface area contributed by atoms with Gasteiger partial charge in [0.2, 0.25) is 5.78 Å². The van der Waals surface area contributed by atoms with E-state index in [4.69, 9.17) is 9.47 Å². The summed E-state index contributed by atoms with van der Waals surface area (Å²) in [5.74, 6) is -2.28. The van der Waals surface area contributed by atoms with Crippen LogP contribution in [0.1, 0.15) is 32.5 Å². The molecule has 7 nitrogen and oxygen atoms in total. The molecule has 3 rings (SSSR count). The fraction of sp³-hybridized carbons (Fsp3) is 0.167. The van der Waals surface area contributed by atoms with Crippen LogP contribution in [0.5, 0.6) is 0 Å². The number of hydrogen-bond acceptors (Lipinski definition) is 7. The van der Waals surface area contributed by atoms with Crippen LogP contribution >= 0.6 is 11.3 Å². The van der Waals surface area contributed by atoms with E-state index in [1.165, 1.54) is 28.4 Å². The lowest BCUT2D eigenvalue weighted by atomic mass is 10.0. The van der Waals surface area contributed by atoms with E-state index in [9.17, 15) is 19.2 Å². The molecule has 1 heterocycles. The molecule has 0 N–H and O–H groups in total. The van der Waals surface area contributed by atoms with E-state index in [2.05, 4.69) is 0 Å². The molecule has 32 heavy (non-hydrogen) atoms. The average Bonchev–Trinajstić information content (AvgIpc) is 3.36. The van der Waals surface area contributed by atoms with Gasteiger partial charge in [-0.05, 0) is 36.6 Å². The van der Waals surface area contributed by atoms with E-state index in [0.29, 0.717) is 10.6 Å². The topological polar surface area (TPSA) is 90.0 Å². The largest absolute Gasteiger partial charge is 0.465 e. The van der Waals surface area contributed by atoms with Crippen LogP contribution in [-0.4, -0.2) is 43.4 Å². The first kappa shape index (κ1) is 22.9. The smallest absolute Gasteiger partial charge is 0.339 e. The number of para-hydroxylation sites is 1. The monoisotopic (exact) mass is 451 g/mol. The first-order valence-corrected chi connectivity index (χ1v) is 10.7. The van der Waals surface area contributed by atoms with Crippen LogP contribution in [0.25, 0.3) is 0 Å². The number of carbonyl (C=O) groups is 4. The zero-order valence-corrected chi connectivity index (χ0v) is 18.2. The number of esters is 2. The molecule has 3 aromatic rings. The lowest BCUT2D eigenvalue weighted by Crippen LogP contribution is -2.39. The molecule has 0 bridgehead atoms. The minimum atomic E-state index is -0.803. The zero-order valence-electron chi connectivity index (χ0n) is 17.4. The van der Waals surface area contributed by atoms with Gasteiger partial charge in [-0.2, -0.15) is 0 Å². The maximum absolute atomic E-state index is 12.8. The molecule has 0 aliphatic heterocycles. The van der Waals surface area contributed by atoms with Gasteiger partial charge in [0.1, 0.15) is 6.54 Å². The van der Waals surface area contributed by atoms with Crippen molar-refractivity contribution in [3.63, 3.8) is 0 Å². The third-order valence-corrected chi connectivity index (χ3v) is 5.29. The minimum absolute atomic E-state index is 0.0651. The van der Waals surface area contributed by atoms with E-state index in [-0.39, 0.29) is 30.1 Å². The first-order chi connectivity index (χ1) is 15.5. The molecule has 0 saturated heterocycles. The lowest BCUT2D eigenvalue weighted by molar-refractivity contribution is -0.142. The van der Waals surface area contributed by atoms with Gasteiger partial charge in [-0.25, -0.2) is 4.79 Å². The van der Waals surface area contributed by atoms with E-state index >= 15 is 0 Å². The van der Waals surface area contributed by atoms with Crippen molar-refractivity contribution < 1.29 is 28.7 Å². The summed E-state index contributed by atoms with van der Waals surface area (Å²) in [6, 6.07) is 18.2. The molecule has 2 aromatic carbocycles. The Bertz CT molecular complexity index is 1090. The second kappa shape index (κ2) is 11.0. The fourth-order valence-electron chi connectivity index (χ4n) is 2.95. The second-order valence-corrected chi connectivity index (χ2v) is 7.50. The van der Waals surface area contributed by atoms with Gasteiger partial charge in [0.25, 0.3) is 5.91 Å². The normalized spacial score (nSPS) is 10.3. The Labute approximate surface area is 189 Å². The Morgan fingerprint density at radius 2 is 1.53 bits per heavy atom. The zero-order chi connectivity index (χ0) is 22.9. The van der Waals surface area contributed by atoms with E-state index in [0.717, 1.165) is 0 Å². The van der Waals surface area contributed by atoms with Crippen LogP contribution < -0.4 is 4.90 Å². The summed E-state index contributed by atoms with van der Waals surface area (Å²) in [7, 11) is 0. The second-order valence-electron chi connectivity index (χ2n) is 6.55. The predicted molar refractivity (Wildman–Crippen MR) is 120 cm³/mol. The Morgan fingerprint density at radius 1 is 0.844 bits per heavy atom. The molecule has 0 aliphatic rings. The van der Waals surface area contributed by atoms with Gasteiger partial charge in [-0.1, -0.05) is 42.5 Å². The van der Waals surface area contributed by atoms with Crippen LogP contribution in [0.4, 0.5) is 5.69 Å². The standard InChI is InChI=1S/C24H21NO6S/c1-2-30-22(27)15-25(17-9-4-3-5-10-17)21(26)16-31-24(29)19-12-7-6-11-18(19)23(28)20-13-8-14-32-20/h3-14H,2,15-16H2,1H3. The number of ether oxygens (including phenoxy) is 2. The van der Waals surface area contributed by atoms with Crippen molar-refractivity contribution in [3.05, 3.63) is 88.1 Å². The number of nitrogens with zero attached hydrogens (tertiary/aromatic N) is 1. The Hall–Kier alpha value is -3.78. The summed E-state index contributed by atoms with van der Waals surface area (Å²) < 4.78 is 10.2. The van der Waals surface area contributed by atoms with Crippen molar-refractivity contribution in [2.45, 2.75) is 6.92 Å². The quantitative estimate of drug-likeness (QED) is 0.364. The molecule has 0 fully saturated rings. The van der Waals surface area contributed by atoms with Crippen molar-refractivity contribution in [2.75, 3.05) is 24.7 Å². The maximum Gasteiger partial charge on any atom is 0.339 e. The summed E-state index contributed by atoms with van der Waals surface area (Å²) >= 11 is 1.27. The van der Waals surface area contributed by atoms with Gasteiger partial charge in [-0.3, -0.25) is 19.3 Å². The van der Waals surface area contributed by atoms with Crippen molar-refractivity contribution in [1.29, 1.82) is 0 Å².